The lowest BCUT2D eigenvalue weighted by molar-refractivity contribution is 0.111. The SMILES string of the molecule is CCCCCCCCCCCCCCCCCCOc1cc(OCCCCCCCCCCCCCCCCCC)c(C=O)c(OCCCCCCCCCCCCCCCCCC)c1C=O. The van der Waals surface area contributed by atoms with Crippen molar-refractivity contribution in [3.8, 4) is 17.2 Å². The lowest BCUT2D eigenvalue weighted by Crippen LogP contribution is -2.09. The van der Waals surface area contributed by atoms with Gasteiger partial charge in [0.2, 0.25) is 0 Å². The molecule has 0 saturated carbocycles. The second-order valence-corrected chi connectivity index (χ2v) is 20.7. The minimum Gasteiger partial charge on any atom is -0.493 e. The van der Waals surface area contributed by atoms with Crippen LogP contribution in [-0.2, 0) is 0 Å². The Morgan fingerprint density at radius 2 is 0.448 bits per heavy atom. The van der Waals surface area contributed by atoms with Crippen molar-refractivity contribution in [1.29, 1.82) is 0 Å². The Morgan fingerprint density at radius 3 is 0.642 bits per heavy atom. The van der Waals surface area contributed by atoms with Gasteiger partial charge in [-0.3, -0.25) is 9.59 Å². The largest absolute Gasteiger partial charge is 0.493 e. The molecule has 67 heavy (non-hydrogen) atoms. The Morgan fingerprint density at radius 1 is 0.269 bits per heavy atom. The lowest BCUT2D eigenvalue weighted by Gasteiger charge is -2.19. The Hall–Kier alpha value is -2.04. The van der Waals surface area contributed by atoms with Crippen molar-refractivity contribution in [2.24, 2.45) is 0 Å². The van der Waals surface area contributed by atoms with Crippen LogP contribution in [0.2, 0.25) is 0 Å². The van der Waals surface area contributed by atoms with E-state index in [4.69, 9.17) is 14.2 Å². The van der Waals surface area contributed by atoms with E-state index in [2.05, 4.69) is 20.8 Å². The van der Waals surface area contributed by atoms with Crippen LogP contribution in [0, 0.1) is 0 Å². The molecule has 1 aromatic rings. The van der Waals surface area contributed by atoms with Crippen LogP contribution in [0.5, 0.6) is 17.2 Å². The van der Waals surface area contributed by atoms with Gasteiger partial charge in [-0.25, -0.2) is 0 Å². The number of ether oxygens (including phenoxy) is 3. The highest BCUT2D eigenvalue weighted by molar-refractivity contribution is 5.94. The molecular weight excluding hydrogens is 825 g/mol. The molecule has 0 aromatic heterocycles. The van der Waals surface area contributed by atoms with Crippen molar-refractivity contribution in [3.63, 3.8) is 0 Å². The summed E-state index contributed by atoms with van der Waals surface area (Å²) in [5.74, 6) is 1.29. The van der Waals surface area contributed by atoms with E-state index in [9.17, 15) is 9.59 Å². The van der Waals surface area contributed by atoms with Gasteiger partial charge in [0.25, 0.3) is 0 Å². The van der Waals surface area contributed by atoms with Gasteiger partial charge in [0, 0.05) is 6.07 Å². The lowest BCUT2D eigenvalue weighted by atomic mass is 10.0. The molecule has 1 rings (SSSR count). The number of carbonyl (C=O) groups is 2. The highest BCUT2D eigenvalue weighted by Gasteiger charge is 2.21. The fourth-order valence-electron chi connectivity index (χ4n) is 9.75. The molecule has 392 valence electrons. The quantitative estimate of drug-likeness (QED) is 0.0481. The summed E-state index contributed by atoms with van der Waals surface area (Å²) >= 11 is 0. The summed E-state index contributed by atoms with van der Waals surface area (Å²) in [6.45, 7) is 8.42. The highest BCUT2D eigenvalue weighted by Crippen LogP contribution is 2.38. The fourth-order valence-corrected chi connectivity index (χ4v) is 9.75. The average Bonchev–Trinajstić information content (AvgIpc) is 3.34. The van der Waals surface area contributed by atoms with Crippen LogP contribution in [0.4, 0.5) is 0 Å². The molecule has 0 aliphatic rings. The summed E-state index contributed by atoms with van der Waals surface area (Å²) in [6.07, 6.45) is 65.1. The van der Waals surface area contributed by atoms with E-state index in [0.29, 0.717) is 48.2 Å². The summed E-state index contributed by atoms with van der Waals surface area (Å²) in [5.41, 5.74) is 0.676. The maximum atomic E-state index is 12.6. The van der Waals surface area contributed by atoms with Gasteiger partial charge < -0.3 is 14.2 Å². The monoisotopic (exact) mass is 939 g/mol. The van der Waals surface area contributed by atoms with Crippen molar-refractivity contribution in [3.05, 3.63) is 17.2 Å². The topological polar surface area (TPSA) is 61.8 Å². The molecule has 0 heterocycles. The molecule has 5 heteroatoms. The van der Waals surface area contributed by atoms with Crippen LogP contribution in [0.1, 0.15) is 350 Å². The molecule has 0 aliphatic carbocycles. The summed E-state index contributed by atoms with van der Waals surface area (Å²) < 4.78 is 18.9. The Labute approximate surface area is 418 Å². The van der Waals surface area contributed by atoms with Crippen molar-refractivity contribution < 1.29 is 23.8 Å². The zero-order valence-corrected chi connectivity index (χ0v) is 45.3. The Bertz CT molecular complexity index is 1110. The minimum absolute atomic E-state index is 0.331. The minimum atomic E-state index is 0.331. The van der Waals surface area contributed by atoms with Crippen molar-refractivity contribution in [2.75, 3.05) is 19.8 Å². The van der Waals surface area contributed by atoms with E-state index in [1.807, 2.05) is 0 Å². The van der Waals surface area contributed by atoms with Crippen LogP contribution < -0.4 is 14.2 Å². The van der Waals surface area contributed by atoms with Gasteiger partial charge in [-0.2, -0.15) is 0 Å². The molecule has 0 aliphatic heterocycles. The molecule has 5 nitrogen and oxygen atoms in total. The molecule has 0 fully saturated rings. The van der Waals surface area contributed by atoms with Crippen molar-refractivity contribution in [2.45, 2.75) is 329 Å². The van der Waals surface area contributed by atoms with Gasteiger partial charge in [-0.15, -0.1) is 0 Å². The molecule has 0 bridgehead atoms. The smallest absolute Gasteiger partial charge is 0.157 e. The first-order chi connectivity index (χ1) is 33.2. The fraction of sp³-hybridized carbons (Fsp3) is 0.871. The summed E-state index contributed by atoms with van der Waals surface area (Å²) in [4.78, 5) is 25.2. The molecule has 0 N–H and O–H groups in total. The second-order valence-electron chi connectivity index (χ2n) is 20.7. The van der Waals surface area contributed by atoms with Crippen molar-refractivity contribution in [1.82, 2.24) is 0 Å². The number of aldehydes is 2. The molecule has 0 amide bonds. The maximum Gasteiger partial charge on any atom is 0.157 e. The molecule has 0 spiro atoms. The Balaban J connectivity index is 2.50. The number of hydrogen-bond acceptors (Lipinski definition) is 5. The first kappa shape index (κ1) is 63.0. The van der Waals surface area contributed by atoms with E-state index in [1.54, 1.807) is 6.07 Å². The van der Waals surface area contributed by atoms with Crippen LogP contribution in [0.25, 0.3) is 0 Å². The molecule has 0 radical (unpaired) electrons. The Kier molecular flexibility index (Phi) is 48.7. The van der Waals surface area contributed by atoms with E-state index in [0.717, 1.165) is 51.1 Å². The van der Waals surface area contributed by atoms with Crippen LogP contribution >= 0.6 is 0 Å². The number of hydrogen-bond donors (Lipinski definition) is 0. The van der Waals surface area contributed by atoms with Crippen LogP contribution in [0.3, 0.4) is 0 Å². The van der Waals surface area contributed by atoms with Crippen LogP contribution in [-0.4, -0.2) is 32.4 Å². The summed E-state index contributed by atoms with van der Waals surface area (Å²) in [6, 6.07) is 1.77. The molecule has 0 saturated heterocycles. The number of rotatable bonds is 56. The van der Waals surface area contributed by atoms with Gasteiger partial charge in [0.15, 0.2) is 12.6 Å². The number of unbranched alkanes of at least 4 members (excludes halogenated alkanes) is 45. The highest BCUT2D eigenvalue weighted by atomic mass is 16.5. The average molecular weight is 940 g/mol. The third-order valence-electron chi connectivity index (χ3n) is 14.3. The first-order valence-corrected chi connectivity index (χ1v) is 30.2. The van der Waals surface area contributed by atoms with Gasteiger partial charge in [0.05, 0.1) is 30.9 Å². The predicted molar refractivity (Wildman–Crippen MR) is 292 cm³/mol. The summed E-state index contributed by atoms with van der Waals surface area (Å²) in [7, 11) is 0. The first-order valence-electron chi connectivity index (χ1n) is 30.2. The molecule has 0 atom stereocenters. The normalized spacial score (nSPS) is 11.4. The molecular formula is C62H114O5. The van der Waals surface area contributed by atoms with E-state index < -0.39 is 0 Å². The van der Waals surface area contributed by atoms with Gasteiger partial charge in [-0.1, -0.05) is 310 Å². The number of benzene rings is 1. The van der Waals surface area contributed by atoms with Gasteiger partial charge in [-0.05, 0) is 19.3 Å². The third kappa shape index (κ3) is 39.4. The molecule has 0 unspecified atom stereocenters. The second kappa shape index (κ2) is 51.8. The van der Waals surface area contributed by atoms with Crippen molar-refractivity contribution >= 4 is 12.6 Å². The molecule has 1 aromatic carbocycles. The maximum absolute atomic E-state index is 12.6. The third-order valence-corrected chi connectivity index (χ3v) is 14.3. The zero-order valence-electron chi connectivity index (χ0n) is 45.3. The van der Waals surface area contributed by atoms with Gasteiger partial charge >= 0.3 is 0 Å². The number of carbonyl (C=O) groups excluding carboxylic acids is 2. The van der Waals surface area contributed by atoms with E-state index in [1.165, 1.54) is 270 Å². The zero-order chi connectivity index (χ0) is 48.2. The standard InChI is InChI=1S/C62H114O5/c1-4-7-10-13-16-19-22-25-28-31-34-37-40-43-46-49-52-65-60-55-61(66-53-50-47-44-41-38-35-32-29-26-23-20-17-14-11-8-5-2)59(57-64)62(58(60)56-63)67-54-51-48-45-42-39-36-33-30-27-24-21-18-15-12-9-6-3/h55-57H,4-54H2,1-3H3. The predicted octanol–water partition coefficient (Wildman–Crippen LogP) is 21.2. The van der Waals surface area contributed by atoms with E-state index >= 15 is 0 Å². The summed E-state index contributed by atoms with van der Waals surface area (Å²) in [5, 5.41) is 0. The van der Waals surface area contributed by atoms with Crippen LogP contribution in [0.15, 0.2) is 6.07 Å². The van der Waals surface area contributed by atoms with E-state index in [-0.39, 0.29) is 0 Å². The van der Waals surface area contributed by atoms with Gasteiger partial charge in [0.1, 0.15) is 17.2 Å².